The first-order chi connectivity index (χ1) is 12.0. The SMILES string of the molecule is Cc1ccc(NC(=O)CS[C@H](C)C(=O)NNC(=O)c2cccs2)cc1. The van der Waals surface area contributed by atoms with Crippen LogP contribution < -0.4 is 16.2 Å². The number of thioether (sulfide) groups is 1. The molecule has 8 heteroatoms. The molecule has 1 heterocycles. The standard InChI is InChI=1S/C17H19N3O3S2/c1-11-5-7-13(8-6-11)18-15(21)10-25-12(2)16(22)19-20-17(23)14-4-3-9-24-14/h3-9,12H,10H2,1-2H3,(H,18,21)(H,19,22)(H,20,23)/t12-/m1/s1. The molecule has 0 aliphatic heterocycles. The van der Waals surface area contributed by atoms with E-state index in [1.165, 1.54) is 23.1 Å². The zero-order valence-corrected chi connectivity index (χ0v) is 15.5. The molecule has 0 bridgehead atoms. The molecule has 1 aromatic carbocycles. The maximum Gasteiger partial charge on any atom is 0.279 e. The largest absolute Gasteiger partial charge is 0.325 e. The van der Waals surface area contributed by atoms with Crippen LogP contribution in [0, 0.1) is 6.92 Å². The second kappa shape index (κ2) is 9.24. The molecule has 2 aromatic rings. The van der Waals surface area contributed by atoms with Gasteiger partial charge in [-0.15, -0.1) is 23.1 Å². The third-order valence-electron chi connectivity index (χ3n) is 3.21. The summed E-state index contributed by atoms with van der Waals surface area (Å²) < 4.78 is 0. The zero-order chi connectivity index (χ0) is 18.2. The molecule has 0 aliphatic rings. The van der Waals surface area contributed by atoms with Gasteiger partial charge >= 0.3 is 0 Å². The highest BCUT2D eigenvalue weighted by Crippen LogP contribution is 2.13. The summed E-state index contributed by atoms with van der Waals surface area (Å²) in [6.07, 6.45) is 0. The molecule has 0 fully saturated rings. The average molecular weight is 377 g/mol. The Balaban J connectivity index is 1.70. The Morgan fingerprint density at radius 2 is 1.84 bits per heavy atom. The van der Waals surface area contributed by atoms with Gasteiger partial charge in [0.05, 0.1) is 15.9 Å². The Morgan fingerprint density at radius 1 is 1.12 bits per heavy atom. The summed E-state index contributed by atoms with van der Waals surface area (Å²) in [6, 6.07) is 10.9. The number of anilines is 1. The predicted octanol–water partition coefficient (Wildman–Crippen LogP) is 2.58. The molecule has 0 unspecified atom stereocenters. The van der Waals surface area contributed by atoms with E-state index in [4.69, 9.17) is 0 Å². The van der Waals surface area contributed by atoms with Crippen molar-refractivity contribution in [2.24, 2.45) is 0 Å². The second-order valence-corrected chi connectivity index (χ2v) is 7.56. The van der Waals surface area contributed by atoms with E-state index < -0.39 is 5.25 Å². The van der Waals surface area contributed by atoms with Gasteiger partial charge in [0.1, 0.15) is 0 Å². The van der Waals surface area contributed by atoms with Gasteiger partial charge in [-0.25, -0.2) is 0 Å². The molecule has 1 aromatic heterocycles. The second-order valence-electron chi connectivity index (χ2n) is 5.29. The smallest absolute Gasteiger partial charge is 0.279 e. The molecule has 25 heavy (non-hydrogen) atoms. The maximum atomic E-state index is 12.0. The molecule has 3 amide bonds. The van der Waals surface area contributed by atoms with E-state index in [0.29, 0.717) is 4.88 Å². The van der Waals surface area contributed by atoms with Crippen LogP contribution in [0.25, 0.3) is 0 Å². The number of nitrogens with one attached hydrogen (secondary N) is 3. The highest BCUT2D eigenvalue weighted by atomic mass is 32.2. The van der Waals surface area contributed by atoms with Crippen molar-refractivity contribution in [2.75, 3.05) is 11.1 Å². The zero-order valence-electron chi connectivity index (χ0n) is 13.9. The number of rotatable bonds is 6. The fourth-order valence-corrected chi connectivity index (χ4v) is 3.10. The maximum absolute atomic E-state index is 12.0. The third-order valence-corrected chi connectivity index (χ3v) is 5.22. The number of hydrogen-bond acceptors (Lipinski definition) is 5. The van der Waals surface area contributed by atoms with Crippen LogP contribution in [0.2, 0.25) is 0 Å². The van der Waals surface area contributed by atoms with Gasteiger partial charge < -0.3 is 5.32 Å². The first kappa shape index (κ1) is 19.0. The number of hydrogen-bond donors (Lipinski definition) is 3. The highest BCUT2D eigenvalue weighted by Gasteiger charge is 2.16. The van der Waals surface area contributed by atoms with Crippen molar-refractivity contribution < 1.29 is 14.4 Å². The topological polar surface area (TPSA) is 87.3 Å². The van der Waals surface area contributed by atoms with Gasteiger partial charge in [-0.05, 0) is 37.4 Å². The Hall–Kier alpha value is -2.32. The number of carbonyl (C=O) groups is 3. The summed E-state index contributed by atoms with van der Waals surface area (Å²) >= 11 is 2.48. The molecule has 6 nitrogen and oxygen atoms in total. The molecule has 0 aliphatic carbocycles. The molecule has 0 saturated heterocycles. The van der Waals surface area contributed by atoms with Gasteiger partial charge in [-0.1, -0.05) is 23.8 Å². The van der Waals surface area contributed by atoms with E-state index in [-0.39, 0.29) is 23.5 Å². The van der Waals surface area contributed by atoms with Crippen molar-refractivity contribution in [3.63, 3.8) is 0 Å². The Morgan fingerprint density at radius 3 is 2.48 bits per heavy atom. The van der Waals surface area contributed by atoms with Gasteiger partial charge in [-0.3, -0.25) is 25.2 Å². The van der Waals surface area contributed by atoms with E-state index in [1.807, 2.05) is 31.2 Å². The van der Waals surface area contributed by atoms with E-state index in [2.05, 4.69) is 16.2 Å². The fraction of sp³-hybridized carbons (Fsp3) is 0.235. The predicted molar refractivity (Wildman–Crippen MR) is 102 cm³/mol. The lowest BCUT2D eigenvalue weighted by Gasteiger charge is -2.12. The number of benzene rings is 1. The first-order valence-electron chi connectivity index (χ1n) is 7.57. The molecular weight excluding hydrogens is 358 g/mol. The van der Waals surface area contributed by atoms with Crippen molar-refractivity contribution in [3.8, 4) is 0 Å². The summed E-state index contributed by atoms with van der Waals surface area (Å²) in [5, 5.41) is 4.07. The molecule has 1 atom stereocenters. The molecule has 3 N–H and O–H groups in total. The molecule has 0 spiro atoms. The minimum Gasteiger partial charge on any atom is -0.325 e. The highest BCUT2D eigenvalue weighted by molar-refractivity contribution is 8.01. The van der Waals surface area contributed by atoms with E-state index >= 15 is 0 Å². The molecule has 0 saturated carbocycles. The van der Waals surface area contributed by atoms with Crippen LogP contribution >= 0.6 is 23.1 Å². The normalized spacial score (nSPS) is 11.4. The summed E-state index contributed by atoms with van der Waals surface area (Å²) in [5.74, 6) is -0.770. The molecule has 132 valence electrons. The Kier molecular flexibility index (Phi) is 7.03. The Bertz CT molecular complexity index is 730. The lowest BCUT2D eigenvalue weighted by Crippen LogP contribution is -2.44. The monoisotopic (exact) mass is 377 g/mol. The number of hydrazine groups is 1. The van der Waals surface area contributed by atoms with Crippen LogP contribution in [-0.4, -0.2) is 28.7 Å². The third kappa shape index (κ3) is 6.24. The van der Waals surface area contributed by atoms with Crippen LogP contribution in [0.5, 0.6) is 0 Å². The fourth-order valence-electron chi connectivity index (χ4n) is 1.80. The van der Waals surface area contributed by atoms with Gasteiger partial charge in [-0.2, -0.15) is 0 Å². The van der Waals surface area contributed by atoms with Crippen molar-refractivity contribution in [1.29, 1.82) is 0 Å². The minimum atomic E-state index is -0.479. The van der Waals surface area contributed by atoms with Crippen LogP contribution in [0.3, 0.4) is 0 Å². The van der Waals surface area contributed by atoms with Crippen LogP contribution in [-0.2, 0) is 9.59 Å². The van der Waals surface area contributed by atoms with Crippen LogP contribution in [0.1, 0.15) is 22.2 Å². The number of thiophene rings is 1. The van der Waals surface area contributed by atoms with Gasteiger partial charge in [0, 0.05) is 5.69 Å². The van der Waals surface area contributed by atoms with Gasteiger partial charge in [0.15, 0.2) is 0 Å². The molecule has 0 radical (unpaired) electrons. The number of aryl methyl sites for hydroxylation is 1. The first-order valence-corrected chi connectivity index (χ1v) is 9.50. The van der Waals surface area contributed by atoms with Crippen molar-refractivity contribution in [1.82, 2.24) is 10.9 Å². The summed E-state index contributed by atoms with van der Waals surface area (Å²) in [4.78, 5) is 36.1. The van der Waals surface area contributed by atoms with Crippen molar-refractivity contribution in [3.05, 3.63) is 52.2 Å². The van der Waals surface area contributed by atoms with E-state index in [1.54, 1.807) is 24.4 Å². The van der Waals surface area contributed by atoms with Gasteiger partial charge in [0.2, 0.25) is 5.91 Å². The Labute approximate surface area is 154 Å². The molecule has 2 rings (SSSR count). The van der Waals surface area contributed by atoms with Crippen molar-refractivity contribution in [2.45, 2.75) is 19.1 Å². The van der Waals surface area contributed by atoms with Crippen molar-refractivity contribution >= 4 is 46.5 Å². The number of carbonyl (C=O) groups excluding carboxylic acids is 3. The van der Waals surface area contributed by atoms with Crippen LogP contribution in [0.4, 0.5) is 5.69 Å². The van der Waals surface area contributed by atoms with Crippen LogP contribution in [0.15, 0.2) is 41.8 Å². The van der Waals surface area contributed by atoms with E-state index in [9.17, 15) is 14.4 Å². The summed E-state index contributed by atoms with van der Waals surface area (Å²) in [7, 11) is 0. The lowest BCUT2D eigenvalue weighted by atomic mass is 10.2. The molecular formula is C17H19N3O3S2. The minimum absolute atomic E-state index is 0.140. The quantitative estimate of drug-likeness (QED) is 0.675. The summed E-state index contributed by atoms with van der Waals surface area (Å²) in [6.45, 7) is 3.65. The number of amides is 3. The van der Waals surface area contributed by atoms with Gasteiger partial charge in [0.25, 0.3) is 11.8 Å². The average Bonchev–Trinajstić information content (AvgIpc) is 3.14. The lowest BCUT2D eigenvalue weighted by molar-refractivity contribution is -0.121. The van der Waals surface area contributed by atoms with E-state index in [0.717, 1.165) is 11.3 Å². The summed E-state index contributed by atoms with van der Waals surface area (Å²) in [5.41, 5.74) is 6.55.